The summed E-state index contributed by atoms with van der Waals surface area (Å²) in [5.74, 6) is -0.956. The lowest BCUT2D eigenvalue weighted by atomic mass is 9.95. The van der Waals surface area contributed by atoms with E-state index in [1.54, 1.807) is 26.0 Å². The monoisotopic (exact) mass is 297 g/mol. The van der Waals surface area contributed by atoms with E-state index >= 15 is 0 Å². The molecule has 1 unspecified atom stereocenters. The van der Waals surface area contributed by atoms with Crippen molar-refractivity contribution in [3.05, 3.63) is 29.6 Å². The van der Waals surface area contributed by atoms with Crippen molar-refractivity contribution in [3.63, 3.8) is 0 Å². The quantitative estimate of drug-likeness (QED) is 0.772. The maximum Gasteiger partial charge on any atom is 0.312 e. The number of aliphatic carboxylic acids is 1. The van der Waals surface area contributed by atoms with Crippen LogP contribution in [0, 0.1) is 11.2 Å². The molecule has 0 aliphatic carbocycles. The summed E-state index contributed by atoms with van der Waals surface area (Å²) in [7, 11) is 0. The maximum absolute atomic E-state index is 14.1. The SMILES string of the molecule is CCCNC(C)c1ccc(OCC(C)(C)C(=O)O)cc1F. The second kappa shape index (κ2) is 7.41. The van der Waals surface area contributed by atoms with E-state index in [0.29, 0.717) is 11.3 Å². The predicted octanol–water partition coefficient (Wildman–Crippen LogP) is 3.38. The Labute approximate surface area is 125 Å². The minimum atomic E-state index is -1.01. The van der Waals surface area contributed by atoms with Crippen LogP contribution in [-0.4, -0.2) is 24.2 Å². The van der Waals surface area contributed by atoms with Gasteiger partial charge in [-0.1, -0.05) is 13.0 Å². The first kappa shape index (κ1) is 17.4. The van der Waals surface area contributed by atoms with Crippen molar-refractivity contribution in [2.45, 2.75) is 40.2 Å². The first-order valence-corrected chi connectivity index (χ1v) is 7.17. The molecule has 0 aliphatic heterocycles. The zero-order chi connectivity index (χ0) is 16.0. The molecule has 0 fully saturated rings. The molecule has 0 radical (unpaired) electrons. The van der Waals surface area contributed by atoms with Gasteiger partial charge in [0.1, 0.15) is 18.2 Å². The molecule has 1 atom stereocenters. The molecule has 0 spiro atoms. The molecule has 1 rings (SSSR count). The fourth-order valence-electron chi connectivity index (χ4n) is 1.75. The molecule has 21 heavy (non-hydrogen) atoms. The Bertz CT molecular complexity index is 488. The number of rotatable bonds is 8. The van der Waals surface area contributed by atoms with E-state index in [-0.39, 0.29) is 18.5 Å². The Balaban J connectivity index is 2.72. The van der Waals surface area contributed by atoms with Gasteiger partial charge in [-0.05, 0) is 39.8 Å². The van der Waals surface area contributed by atoms with E-state index in [2.05, 4.69) is 12.2 Å². The Morgan fingerprint density at radius 3 is 2.67 bits per heavy atom. The van der Waals surface area contributed by atoms with Gasteiger partial charge in [0, 0.05) is 17.7 Å². The zero-order valence-corrected chi connectivity index (χ0v) is 13.1. The highest BCUT2D eigenvalue weighted by atomic mass is 19.1. The summed E-state index contributed by atoms with van der Waals surface area (Å²) < 4.78 is 19.5. The molecule has 118 valence electrons. The second-order valence-electron chi connectivity index (χ2n) is 5.84. The van der Waals surface area contributed by atoms with Gasteiger partial charge in [0.05, 0.1) is 5.41 Å². The van der Waals surface area contributed by atoms with Crippen LogP contribution in [0.4, 0.5) is 4.39 Å². The average molecular weight is 297 g/mol. The number of nitrogens with one attached hydrogen (secondary N) is 1. The standard InChI is InChI=1S/C16H24FNO3/c1-5-8-18-11(2)13-7-6-12(9-14(13)17)21-10-16(3,4)15(19)20/h6-7,9,11,18H,5,8,10H2,1-4H3,(H,19,20). The highest BCUT2D eigenvalue weighted by molar-refractivity contribution is 5.73. The van der Waals surface area contributed by atoms with Gasteiger partial charge >= 0.3 is 5.97 Å². The van der Waals surface area contributed by atoms with Crippen molar-refractivity contribution in [2.24, 2.45) is 5.41 Å². The Hall–Kier alpha value is -1.62. The van der Waals surface area contributed by atoms with Gasteiger partial charge in [-0.15, -0.1) is 0 Å². The Kier molecular flexibility index (Phi) is 6.15. The fourth-order valence-corrected chi connectivity index (χ4v) is 1.75. The molecule has 0 bridgehead atoms. The first-order valence-electron chi connectivity index (χ1n) is 7.17. The van der Waals surface area contributed by atoms with Gasteiger partial charge in [-0.25, -0.2) is 4.39 Å². The molecule has 5 heteroatoms. The molecule has 0 aliphatic rings. The minimum absolute atomic E-state index is 0.00917. The molecule has 0 heterocycles. The van der Waals surface area contributed by atoms with Gasteiger partial charge in [0.2, 0.25) is 0 Å². The van der Waals surface area contributed by atoms with Crippen LogP contribution < -0.4 is 10.1 Å². The zero-order valence-electron chi connectivity index (χ0n) is 13.1. The molecule has 0 amide bonds. The Morgan fingerprint density at radius 1 is 1.48 bits per heavy atom. The summed E-state index contributed by atoms with van der Waals surface area (Å²) in [5.41, 5.74) is -0.432. The number of hydrogen-bond donors (Lipinski definition) is 2. The number of carbonyl (C=O) groups is 1. The molecular formula is C16H24FNO3. The van der Waals surface area contributed by atoms with Crippen LogP contribution in [0.5, 0.6) is 5.75 Å². The summed E-state index contributed by atoms with van der Waals surface area (Å²) in [5, 5.41) is 12.2. The van der Waals surface area contributed by atoms with Crippen LogP contribution >= 0.6 is 0 Å². The third-order valence-electron chi connectivity index (χ3n) is 3.32. The average Bonchev–Trinajstić information content (AvgIpc) is 2.42. The van der Waals surface area contributed by atoms with Crippen LogP contribution in [0.25, 0.3) is 0 Å². The van der Waals surface area contributed by atoms with Gasteiger partial charge in [0.15, 0.2) is 0 Å². The number of halogens is 1. The molecule has 0 saturated carbocycles. The van der Waals surface area contributed by atoms with E-state index in [1.807, 2.05) is 6.92 Å². The molecule has 0 aromatic heterocycles. The molecule has 2 N–H and O–H groups in total. The molecule has 0 saturated heterocycles. The number of carboxylic acid groups (broad SMARTS) is 1. The summed E-state index contributed by atoms with van der Waals surface area (Å²) in [6.07, 6.45) is 0.984. The third kappa shape index (κ3) is 5.01. The summed E-state index contributed by atoms with van der Waals surface area (Å²) >= 11 is 0. The van der Waals surface area contributed by atoms with E-state index in [0.717, 1.165) is 13.0 Å². The summed E-state index contributed by atoms with van der Waals surface area (Å²) in [4.78, 5) is 11.0. The molecular weight excluding hydrogens is 273 g/mol. The van der Waals surface area contributed by atoms with Gasteiger partial charge < -0.3 is 15.2 Å². The van der Waals surface area contributed by atoms with Crippen LogP contribution in [0.1, 0.15) is 45.7 Å². The number of ether oxygens (including phenoxy) is 1. The topological polar surface area (TPSA) is 58.6 Å². The lowest BCUT2D eigenvalue weighted by Gasteiger charge is -2.20. The maximum atomic E-state index is 14.1. The largest absolute Gasteiger partial charge is 0.492 e. The predicted molar refractivity (Wildman–Crippen MR) is 80.0 cm³/mol. The molecule has 1 aromatic carbocycles. The van der Waals surface area contributed by atoms with Gasteiger partial charge in [-0.2, -0.15) is 0 Å². The summed E-state index contributed by atoms with van der Waals surface area (Å²) in [6.45, 7) is 7.91. The van der Waals surface area contributed by atoms with Crippen LogP contribution in [0.2, 0.25) is 0 Å². The lowest BCUT2D eigenvalue weighted by Crippen LogP contribution is -2.30. The number of carboxylic acids is 1. The highest BCUT2D eigenvalue weighted by Gasteiger charge is 2.28. The van der Waals surface area contributed by atoms with Crippen molar-refractivity contribution in [1.82, 2.24) is 5.32 Å². The van der Waals surface area contributed by atoms with Crippen molar-refractivity contribution in [2.75, 3.05) is 13.2 Å². The van der Waals surface area contributed by atoms with Crippen molar-refractivity contribution < 1.29 is 19.0 Å². The first-order chi connectivity index (χ1) is 9.77. The van der Waals surface area contributed by atoms with E-state index in [4.69, 9.17) is 9.84 Å². The van der Waals surface area contributed by atoms with Crippen molar-refractivity contribution in [3.8, 4) is 5.75 Å². The van der Waals surface area contributed by atoms with Gasteiger partial charge in [0.25, 0.3) is 0 Å². The third-order valence-corrected chi connectivity index (χ3v) is 3.32. The molecule has 4 nitrogen and oxygen atoms in total. The minimum Gasteiger partial charge on any atom is -0.492 e. The Morgan fingerprint density at radius 2 is 2.14 bits per heavy atom. The van der Waals surface area contributed by atoms with Crippen molar-refractivity contribution >= 4 is 5.97 Å². The van der Waals surface area contributed by atoms with E-state index in [9.17, 15) is 9.18 Å². The van der Waals surface area contributed by atoms with Crippen LogP contribution in [-0.2, 0) is 4.79 Å². The number of hydrogen-bond acceptors (Lipinski definition) is 3. The lowest BCUT2D eigenvalue weighted by molar-refractivity contribution is -0.148. The fraction of sp³-hybridized carbons (Fsp3) is 0.562. The number of benzene rings is 1. The normalized spacial score (nSPS) is 13.0. The highest BCUT2D eigenvalue weighted by Crippen LogP contribution is 2.24. The second-order valence-corrected chi connectivity index (χ2v) is 5.84. The van der Waals surface area contributed by atoms with Crippen molar-refractivity contribution in [1.29, 1.82) is 0 Å². The van der Waals surface area contributed by atoms with Gasteiger partial charge in [-0.3, -0.25) is 4.79 Å². The smallest absolute Gasteiger partial charge is 0.312 e. The van der Waals surface area contributed by atoms with E-state index in [1.165, 1.54) is 6.07 Å². The van der Waals surface area contributed by atoms with E-state index < -0.39 is 11.4 Å². The van der Waals surface area contributed by atoms with Crippen LogP contribution in [0.3, 0.4) is 0 Å². The summed E-state index contributed by atoms with van der Waals surface area (Å²) in [6, 6.07) is 4.57. The van der Waals surface area contributed by atoms with Crippen LogP contribution in [0.15, 0.2) is 18.2 Å². The molecule has 1 aromatic rings.